The Balaban J connectivity index is 2.32. The minimum atomic E-state index is -0.485. The predicted octanol–water partition coefficient (Wildman–Crippen LogP) is 4.70. The van der Waals surface area contributed by atoms with Gasteiger partial charge in [-0.15, -0.1) is 11.3 Å². The van der Waals surface area contributed by atoms with Crippen molar-refractivity contribution in [3.05, 3.63) is 52.0 Å². The van der Waals surface area contributed by atoms with Crippen LogP contribution in [0.4, 0.5) is 4.39 Å². The average Bonchev–Trinajstić information content (AvgIpc) is 3.04. The first kappa shape index (κ1) is 18.9. The zero-order chi connectivity index (χ0) is 18.2. The van der Waals surface area contributed by atoms with Crippen molar-refractivity contribution in [3.63, 3.8) is 0 Å². The highest BCUT2D eigenvalue weighted by atomic mass is 32.1. The van der Waals surface area contributed by atoms with Gasteiger partial charge in [0.1, 0.15) is 5.82 Å². The molecule has 0 radical (unpaired) electrons. The summed E-state index contributed by atoms with van der Waals surface area (Å²) in [5, 5.41) is 1.66. The summed E-state index contributed by atoms with van der Waals surface area (Å²) >= 11 is 1.30. The second-order valence-corrected chi connectivity index (χ2v) is 6.15. The van der Waals surface area contributed by atoms with E-state index in [1.165, 1.54) is 36.7 Å². The molecule has 1 aromatic carbocycles. The van der Waals surface area contributed by atoms with E-state index in [1.807, 2.05) is 6.92 Å². The van der Waals surface area contributed by atoms with Gasteiger partial charge in [-0.25, -0.2) is 14.0 Å². The van der Waals surface area contributed by atoms with Crippen LogP contribution in [0.2, 0.25) is 0 Å². The number of hydrogen-bond acceptors (Lipinski definition) is 5. The number of carbonyl (C=O) groups is 2. The van der Waals surface area contributed by atoms with Crippen LogP contribution < -0.4 is 0 Å². The van der Waals surface area contributed by atoms with Gasteiger partial charge in [0.2, 0.25) is 0 Å². The highest BCUT2D eigenvalue weighted by Gasteiger charge is 2.19. The molecule has 2 aromatic rings. The molecule has 6 heteroatoms. The summed E-state index contributed by atoms with van der Waals surface area (Å²) in [7, 11) is 1.30. The number of esters is 2. The standard InChI is InChI=1S/C19H19FO4S/c1-3-4-11-24-17(21)10-9-16-18(13-5-7-14(20)8-6-13)15(12-25-16)19(22)23-2/h5-10,12H,3-4,11H2,1-2H3/b10-9+. The maximum absolute atomic E-state index is 13.2. The van der Waals surface area contributed by atoms with Crippen LogP contribution in [0.15, 0.2) is 35.7 Å². The fourth-order valence-electron chi connectivity index (χ4n) is 2.18. The Bertz CT molecular complexity index is 762. The molecular formula is C19H19FO4S. The van der Waals surface area contributed by atoms with Crippen LogP contribution in [-0.4, -0.2) is 25.7 Å². The van der Waals surface area contributed by atoms with Gasteiger partial charge in [-0.05, 0) is 30.2 Å². The van der Waals surface area contributed by atoms with E-state index >= 15 is 0 Å². The summed E-state index contributed by atoms with van der Waals surface area (Å²) in [5.41, 5.74) is 1.65. The lowest BCUT2D eigenvalue weighted by Crippen LogP contribution is -2.02. The van der Waals surface area contributed by atoms with Gasteiger partial charge in [0.15, 0.2) is 0 Å². The van der Waals surface area contributed by atoms with Crippen LogP contribution >= 0.6 is 11.3 Å². The largest absolute Gasteiger partial charge is 0.465 e. The van der Waals surface area contributed by atoms with Gasteiger partial charge >= 0.3 is 11.9 Å². The molecule has 0 aliphatic carbocycles. The van der Waals surface area contributed by atoms with Crippen molar-refractivity contribution >= 4 is 29.4 Å². The number of benzene rings is 1. The minimum Gasteiger partial charge on any atom is -0.465 e. The number of carbonyl (C=O) groups excluding carboxylic acids is 2. The maximum atomic E-state index is 13.2. The molecule has 0 N–H and O–H groups in total. The molecule has 4 nitrogen and oxygen atoms in total. The van der Waals surface area contributed by atoms with Crippen LogP contribution in [0.1, 0.15) is 35.0 Å². The second-order valence-electron chi connectivity index (χ2n) is 5.24. The Morgan fingerprint density at radius 3 is 2.60 bits per heavy atom. The lowest BCUT2D eigenvalue weighted by molar-refractivity contribution is -0.137. The summed E-state index contributed by atoms with van der Waals surface area (Å²) < 4.78 is 23.1. The van der Waals surface area contributed by atoms with E-state index < -0.39 is 11.9 Å². The van der Waals surface area contributed by atoms with Gasteiger partial charge in [0, 0.05) is 21.9 Å². The van der Waals surface area contributed by atoms with Crippen molar-refractivity contribution in [3.8, 4) is 11.1 Å². The average molecular weight is 362 g/mol. The summed E-state index contributed by atoms with van der Waals surface area (Å²) in [6, 6.07) is 5.81. The second kappa shape index (κ2) is 9.13. The molecule has 0 bridgehead atoms. The Kier molecular flexibility index (Phi) is 6.89. The van der Waals surface area contributed by atoms with Crippen LogP contribution in [0.5, 0.6) is 0 Å². The molecular weight excluding hydrogens is 343 g/mol. The molecule has 25 heavy (non-hydrogen) atoms. The summed E-state index contributed by atoms with van der Waals surface area (Å²) in [4.78, 5) is 24.4. The summed E-state index contributed by atoms with van der Waals surface area (Å²) in [5.74, 6) is -1.29. The van der Waals surface area contributed by atoms with Crippen molar-refractivity contribution in [2.24, 2.45) is 0 Å². The molecule has 1 aromatic heterocycles. The fourth-order valence-corrected chi connectivity index (χ4v) is 3.13. The topological polar surface area (TPSA) is 52.6 Å². The normalized spacial score (nSPS) is 10.8. The number of thiophene rings is 1. The van der Waals surface area contributed by atoms with Gasteiger partial charge in [0.25, 0.3) is 0 Å². The van der Waals surface area contributed by atoms with Gasteiger partial charge < -0.3 is 9.47 Å². The first-order valence-electron chi connectivity index (χ1n) is 7.87. The zero-order valence-electron chi connectivity index (χ0n) is 14.1. The summed E-state index contributed by atoms with van der Waals surface area (Å²) in [6.07, 6.45) is 4.69. The van der Waals surface area contributed by atoms with Gasteiger partial charge in [-0.2, -0.15) is 0 Å². The molecule has 132 valence electrons. The highest BCUT2D eigenvalue weighted by Crippen LogP contribution is 2.34. The third kappa shape index (κ3) is 5.00. The minimum absolute atomic E-state index is 0.366. The number of unbranched alkanes of at least 4 members (excludes halogenated alkanes) is 1. The zero-order valence-corrected chi connectivity index (χ0v) is 14.9. The van der Waals surface area contributed by atoms with Crippen LogP contribution in [-0.2, 0) is 14.3 Å². The fraction of sp³-hybridized carbons (Fsp3) is 0.263. The Hall–Kier alpha value is -2.47. The first-order valence-corrected chi connectivity index (χ1v) is 8.75. The van der Waals surface area contributed by atoms with Crippen LogP contribution in [0.3, 0.4) is 0 Å². The Labute approximate surface area is 149 Å². The maximum Gasteiger partial charge on any atom is 0.339 e. The van der Waals surface area contributed by atoms with Crippen molar-refractivity contribution in [2.75, 3.05) is 13.7 Å². The monoisotopic (exact) mass is 362 g/mol. The third-order valence-electron chi connectivity index (χ3n) is 3.47. The molecule has 2 rings (SSSR count). The van der Waals surface area contributed by atoms with E-state index in [0.29, 0.717) is 28.2 Å². The van der Waals surface area contributed by atoms with E-state index in [1.54, 1.807) is 23.6 Å². The molecule has 0 saturated carbocycles. The molecule has 0 amide bonds. The molecule has 0 spiro atoms. The summed E-state index contributed by atoms with van der Waals surface area (Å²) in [6.45, 7) is 2.39. The molecule has 0 aliphatic heterocycles. The number of halogens is 1. The van der Waals surface area contributed by atoms with E-state index in [9.17, 15) is 14.0 Å². The molecule has 0 saturated heterocycles. The lowest BCUT2D eigenvalue weighted by Gasteiger charge is -2.05. The number of hydrogen-bond donors (Lipinski definition) is 0. The lowest BCUT2D eigenvalue weighted by atomic mass is 10.0. The number of ether oxygens (including phenoxy) is 2. The Morgan fingerprint density at radius 2 is 1.96 bits per heavy atom. The molecule has 0 aliphatic rings. The van der Waals surface area contributed by atoms with Gasteiger partial charge in [0.05, 0.1) is 19.3 Å². The molecule has 0 unspecified atom stereocenters. The van der Waals surface area contributed by atoms with E-state index in [0.717, 1.165) is 12.8 Å². The first-order chi connectivity index (χ1) is 12.1. The van der Waals surface area contributed by atoms with Crippen molar-refractivity contribution in [2.45, 2.75) is 19.8 Å². The van der Waals surface area contributed by atoms with Gasteiger partial charge in [-0.3, -0.25) is 0 Å². The number of rotatable bonds is 7. The predicted molar refractivity (Wildman–Crippen MR) is 96.0 cm³/mol. The van der Waals surface area contributed by atoms with Crippen molar-refractivity contribution < 1.29 is 23.5 Å². The Morgan fingerprint density at radius 1 is 1.24 bits per heavy atom. The van der Waals surface area contributed by atoms with Crippen LogP contribution in [0.25, 0.3) is 17.2 Å². The smallest absolute Gasteiger partial charge is 0.339 e. The van der Waals surface area contributed by atoms with Crippen molar-refractivity contribution in [1.29, 1.82) is 0 Å². The van der Waals surface area contributed by atoms with Crippen molar-refractivity contribution in [1.82, 2.24) is 0 Å². The SMILES string of the molecule is CCCCOC(=O)/C=C/c1scc(C(=O)OC)c1-c1ccc(F)cc1. The van der Waals surface area contributed by atoms with Crippen LogP contribution in [0, 0.1) is 5.82 Å². The third-order valence-corrected chi connectivity index (χ3v) is 4.42. The van der Waals surface area contributed by atoms with Gasteiger partial charge in [-0.1, -0.05) is 25.5 Å². The molecule has 1 heterocycles. The number of methoxy groups -OCH3 is 1. The van der Waals surface area contributed by atoms with E-state index in [4.69, 9.17) is 9.47 Å². The molecule has 0 fully saturated rings. The molecule has 0 atom stereocenters. The van der Waals surface area contributed by atoms with E-state index in [2.05, 4.69) is 0 Å². The van der Waals surface area contributed by atoms with E-state index in [-0.39, 0.29) is 5.82 Å². The quantitative estimate of drug-likeness (QED) is 0.407. The highest BCUT2D eigenvalue weighted by molar-refractivity contribution is 7.11.